The summed E-state index contributed by atoms with van der Waals surface area (Å²) in [5.41, 5.74) is 6.74. The Morgan fingerprint density at radius 3 is 2.63 bits per heavy atom. The second-order valence-corrected chi connectivity index (χ2v) is 4.33. The number of nitrogens with two attached hydrogens (primary N) is 1. The van der Waals surface area contributed by atoms with Crippen molar-refractivity contribution in [2.45, 2.75) is 25.8 Å². The quantitative estimate of drug-likeness (QED) is 0.661. The van der Waals surface area contributed by atoms with E-state index in [0.717, 1.165) is 18.4 Å². The number of hydrogen-bond acceptors (Lipinski definition) is 4. The Morgan fingerprint density at radius 1 is 1.42 bits per heavy atom. The maximum absolute atomic E-state index is 10.8. The highest BCUT2D eigenvalue weighted by atomic mass is 16.6. The van der Waals surface area contributed by atoms with E-state index in [1.54, 1.807) is 0 Å². The predicted octanol–water partition coefficient (Wildman–Crippen LogP) is 2.76. The molecule has 1 heterocycles. The van der Waals surface area contributed by atoms with E-state index < -0.39 is 4.92 Å². The Hall–Kier alpha value is -2.37. The van der Waals surface area contributed by atoms with E-state index in [0.29, 0.717) is 0 Å². The van der Waals surface area contributed by atoms with Gasteiger partial charge in [0.2, 0.25) is 5.82 Å². The van der Waals surface area contributed by atoms with Gasteiger partial charge in [0.05, 0.1) is 11.0 Å². The highest BCUT2D eigenvalue weighted by molar-refractivity contribution is 5.52. The second-order valence-electron chi connectivity index (χ2n) is 4.33. The van der Waals surface area contributed by atoms with Crippen LogP contribution in [0, 0.1) is 10.1 Å². The monoisotopic (exact) mass is 260 g/mol. The van der Waals surface area contributed by atoms with Gasteiger partial charge in [-0.25, -0.2) is 4.68 Å². The lowest BCUT2D eigenvalue weighted by molar-refractivity contribution is -0.384. The van der Waals surface area contributed by atoms with Gasteiger partial charge in [0, 0.05) is 0 Å². The van der Waals surface area contributed by atoms with Gasteiger partial charge in [-0.1, -0.05) is 43.7 Å². The van der Waals surface area contributed by atoms with Crippen LogP contribution in [0.2, 0.25) is 0 Å². The molecule has 1 atom stereocenters. The molecule has 0 aliphatic rings. The van der Waals surface area contributed by atoms with E-state index >= 15 is 0 Å². The zero-order valence-electron chi connectivity index (χ0n) is 10.7. The van der Waals surface area contributed by atoms with Crippen molar-refractivity contribution < 1.29 is 4.92 Å². The number of hydrogen-bond donors (Lipinski definition) is 1. The lowest BCUT2D eigenvalue weighted by atomic mass is 10.0. The van der Waals surface area contributed by atoms with Gasteiger partial charge in [-0.15, -0.1) is 0 Å². The minimum atomic E-state index is -0.507. The standard InChI is InChI=1S/C13H16N4O2/c1-2-6-11(10-7-4-3-5-8-10)16-13(14)12(9-15-16)17(18)19/h3-5,7-9,11H,2,6,14H2,1H3. The van der Waals surface area contributed by atoms with Crippen LogP contribution in [0.15, 0.2) is 36.5 Å². The molecule has 0 aliphatic heterocycles. The third-order valence-corrected chi connectivity index (χ3v) is 3.05. The first-order chi connectivity index (χ1) is 9.15. The van der Waals surface area contributed by atoms with Gasteiger partial charge in [-0.2, -0.15) is 5.10 Å². The number of nitro groups is 1. The lowest BCUT2D eigenvalue weighted by Crippen LogP contribution is -2.14. The molecular weight excluding hydrogens is 244 g/mol. The van der Waals surface area contributed by atoms with Crippen molar-refractivity contribution in [2.75, 3.05) is 5.73 Å². The number of nitrogens with zero attached hydrogens (tertiary/aromatic N) is 3. The van der Waals surface area contributed by atoms with Crippen molar-refractivity contribution in [3.8, 4) is 0 Å². The summed E-state index contributed by atoms with van der Waals surface area (Å²) in [4.78, 5) is 10.3. The molecule has 100 valence electrons. The van der Waals surface area contributed by atoms with Crippen molar-refractivity contribution in [3.63, 3.8) is 0 Å². The van der Waals surface area contributed by atoms with Crippen LogP contribution in [0.25, 0.3) is 0 Å². The maximum atomic E-state index is 10.8. The van der Waals surface area contributed by atoms with Crippen LogP contribution in [-0.2, 0) is 0 Å². The SMILES string of the molecule is CCCC(c1ccccc1)n1ncc([N+](=O)[O-])c1N. The van der Waals surface area contributed by atoms with E-state index in [4.69, 9.17) is 5.73 Å². The van der Waals surface area contributed by atoms with E-state index in [2.05, 4.69) is 12.0 Å². The third kappa shape index (κ3) is 2.57. The van der Waals surface area contributed by atoms with Crippen LogP contribution >= 0.6 is 0 Å². The molecule has 6 nitrogen and oxygen atoms in total. The summed E-state index contributed by atoms with van der Waals surface area (Å²) in [6, 6.07) is 9.69. The molecule has 19 heavy (non-hydrogen) atoms. The topological polar surface area (TPSA) is 87.0 Å². The summed E-state index contributed by atoms with van der Waals surface area (Å²) in [6.07, 6.45) is 2.97. The molecule has 1 aromatic heterocycles. The molecule has 2 N–H and O–H groups in total. The van der Waals surface area contributed by atoms with Crippen LogP contribution < -0.4 is 5.73 Å². The number of aromatic nitrogens is 2. The zero-order valence-corrected chi connectivity index (χ0v) is 10.7. The smallest absolute Gasteiger partial charge is 0.330 e. The van der Waals surface area contributed by atoms with E-state index in [9.17, 15) is 10.1 Å². The fourth-order valence-corrected chi connectivity index (χ4v) is 2.13. The van der Waals surface area contributed by atoms with Crippen LogP contribution in [0.3, 0.4) is 0 Å². The van der Waals surface area contributed by atoms with Gasteiger partial charge in [0.25, 0.3) is 0 Å². The first kappa shape index (κ1) is 13.1. The second kappa shape index (κ2) is 5.51. The van der Waals surface area contributed by atoms with Gasteiger partial charge in [-0.3, -0.25) is 10.1 Å². The van der Waals surface area contributed by atoms with Crippen molar-refractivity contribution in [3.05, 3.63) is 52.2 Å². The van der Waals surface area contributed by atoms with Crippen LogP contribution in [0.5, 0.6) is 0 Å². The molecule has 2 aromatic rings. The van der Waals surface area contributed by atoms with E-state index in [-0.39, 0.29) is 17.5 Å². The third-order valence-electron chi connectivity index (χ3n) is 3.05. The largest absolute Gasteiger partial charge is 0.378 e. The van der Waals surface area contributed by atoms with Crippen molar-refractivity contribution in [2.24, 2.45) is 0 Å². The van der Waals surface area contributed by atoms with Gasteiger partial charge < -0.3 is 5.73 Å². The Labute approximate surface area is 111 Å². The highest BCUT2D eigenvalue weighted by Crippen LogP contribution is 2.29. The lowest BCUT2D eigenvalue weighted by Gasteiger charge is -2.18. The molecule has 0 aliphatic carbocycles. The Morgan fingerprint density at radius 2 is 2.11 bits per heavy atom. The van der Waals surface area contributed by atoms with Crippen molar-refractivity contribution in [1.82, 2.24) is 9.78 Å². The van der Waals surface area contributed by atoms with Crippen LogP contribution in [0.1, 0.15) is 31.4 Å². The molecule has 1 aromatic carbocycles. The molecule has 0 saturated carbocycles. The molecule has 0 radical (unpaired) electrons. The predicted molar refractivity (Wildman–Crippen MR) is 72.8 cm³/mol. The summed E-state index contributed by atoms with van der Waals surface area (Å²) in [5.74, 6) is 0.104. The average Bonchev–Trinajstić information content (AvgIpc) is 2.79. The molecule has 6 heteroatoms. The first-order valence-electron chi connectivity index (χ1n) is 6.17. The maximum Gasteiger partial charge on any atom is 0.330 e. The summed E-state index contributed by atoms with van der Waals surface area (Å²) in [7, 11) is 0. The zero-order chi connectivity index (χ0) is 13.8. The summed E-state index contributed by atoms with van der Waals surface area (Å²) in [5, 5.41) is 14.9. The Balaban J connectivity index is 2.43. The molecule has 0 spiro atoms. The highest BCUT2D eigenvalue weighted by Gasteiger charge is 2.23. The van der Waals surface area contributed by atoms with Crippen LogP contribution in [-0.4, -0.2) is 14.7 Å². The van der Waals surface area contributed by atoms with E-state index in [1.165, 1.54) is 10.9 Å². The van der Waals surface area contributed by atoms with Crippen molar-refractivity contribution in [1.29, 1.82) is 0 Å². The Bertz CT molecular complexity index is 565. The molecule has 2 rings (SSSR count). The summed E-state index contributed by atoms with van der Waals surface area (Å²) >= 11 is 0. The summed E-state index contributed by atoms with van der Waals surface area (Å²) in [6.45, 7) is 2.06. The molecular formula is C13H16N4O2. The number of anilines is 1. The first-order valence-corrected chi connectivity index (χ1v) is 6.17. The fraction of sp³-hybridized carbons (Fsp3) is 0.308. The van der Waals surface area contributed by atoms with Gasteiger partial charge in [0.1, 0.15) is 6.20 Å². The van der Waals surface area contributed by atoms with Gasteiger partial charge >= 0.3 is 5.69 Å². The van der Waals surface area contributed by atoms with Crippen LogP contribution in [0.4, 0.5) is 11.5 Å². The normalized spacial score (nSPS) is 12.3. The molecule has 1 unspecified atom stereocenters. The Kier molecular flexibility index (Phi) is 3.79. The molecule has 0 fully saturated rings. The number of benzene rings is 1. The molecule has 0 amide bonds. The minimum Gasteiger partial charge on any atom is -0.378 e. The number of nitrogen functional groups attached to an aromatic ring is 1. The van der Waals surface area contributed by atoms with Gasteiger partial charge in [0.15, 0.2) is 0 Å². The molecule has 0 saturated heterocycles. The number of rotatable bonds is 5. The fourth-order valence-electron chi connectivity index (χ4n) is 2.13. The van der Waals surface area contributed by atoms with E-state index in [1.807, 2.05) is 30.3 Å². The summed E-state index contributed by atoms with van der Waals surface area (Å²) < 4.78 is 1.54. The average molecular weight is 260 g/mol. The minimum absolute atomic E-state index is 0.0695. The van der Waals surface area contributed by atoms with Gasteiger partial charge in [-0.05, 0) is 12.0 Å². The van der Waals surface area contributed by atoms with Crippen molar-refractivity contribution >= 4 is 11.5 Å². The molecule has 0 bridgehead atoms.